The van der Waals surface area contributed by atoms with Crippen LogP contribution in [0.15, 0.2) is 30.3 Å². The van der Waals surface area contributed by atoms with Gasteiger partial charge >= 0.3 is 6.03 Å². The highest BCUT2D eigenvalue weighted by molar-refractivity contribution is 5.74. The van der Waals surface area contributed by atoms with Crippen LogP contribution in [0.2, 0.25) is 0 Å². The molecule has 0 heterocycles. The Labute approximate surface area is 109 Å². The first kappa shape index (κ1) is 14.5. The van der Waals surface area contributed by atoms with Crippen molar-refractivity contribution in [3.8, 4) is 0 Å². The van der Waals surface area contributed by atoms with Gasteiger partial charge in [-0.15, -0.1) is 0 Å². The van der Waals surface area contributed by atoms with Crippen molar-refractivity contribution in [3.63, 3.8) is 0 Å². The molecule has 0 aliphatic rings. The number of nitrogens with zero attached hydrogens (tertiary/aromatic N) is 1. The Balaban J connectivity index is 2.40. The van der Waals surface area contributed by atoms with Gasteiger partial charge in [-0.1, -0.05) is 43.7 Å². The number of benzene rings is 1. The van der Waals surface area contributed by atoms with Crippen LogP contribution in [0, 0.1) is 0 Å². The lowest BCUT2D eigenvalue weighted by Crippen LogP contribution is -2.41. The number of urea groups is 1. The van der Waals surface area contributed by atoms with E-state index in [1.165, 1.54) is 0 Å². The molecule has 2 N–H and O–H groups in total. The number of aliphatic hydroxyl groups is 1. The van der Waals surface area contributed by atoms with Gasteiger partial charge in [0.15, 0.2) is 0 Å². The summed E-state index contributed by atoms with van der Waals surface area (Å²) in [6, 6.07) is 9.69. The number of amides is 2. The van der Waals surface area contributed by atoms with Gasteiger partial charge in [0.1, 0.15) is 0 Å². The van der Waals surface area contributed by atoms with Crippen molar-refractivity contribution in [1.29, 1.82) is 0 Å². The number of hydrogen-bond acceptors (Lipinski definition) is 2. The molecule has 0 radical (unpaired) electrons. The fraction of sp³-hybridized carbons (Fsp3) is 0.500. The molecule has 0 aliphatic carbocycles. The van der Waals surface area contributed by atoms with Gasteiger partial charge in [0, 0.05) is 19.6 Å². The van der Waals surface area contributed by atoms with Crippen molar-refractivity contribution in [2.75, 3.05) is 19.7 Å². The molecule has 0 spiro atoms. The Kier molecular flexibility index (Phi) is 6.87. The van der Waals surface area contributed by atoms with Crippen LogP contribution in [0.4, 0.5) is 4.79 Å². The van der Waals surface area contributed by atoms with E-state index >= 15 is 0 Å². The Morgan fingerprint density at radius 1 is 1.28 bits per heavy atom. The molecular weight excluding hydrogens is 228 g/mol. The van der Waals surface area contributed by atoms with Crippen LogP contribution in [0.1, 0.15) is 25.3 Å². The lowest BCUT2D eigenvalue weighted by atomic mass is 10.2. The molecule has 0 saturated heterocycles. The molecule has 0 aromatic heterocycles. The summed E-state index contributed by atoms with van der Waals surface area (Å²) in [6.07, 6.45) is 1.99. The average molecular weight is 250 g/mol. The Bertz CT molecular complexity index is 341. The van der Waals surface area contributed by atoms with Gasteiger partial charge < -0.3 is 15.3 Å². The number of rotatable bonds is 7. The predicted molar refractivity (Wildman–Crippen MR) is 72.2 cm³/mol. The molecule has 18 heavy (non-hydrogen) atoms. The molecule has 1 aromatic rings. The number of unbranched alkanes of at least 4 members (excludes halogenated alkanes) is 1. The zero-order chi connectivity index (χ0) is 13.2. The lowest BCUT2D eigenvalue weighted by Gasteiger charge is -2.22. The van der Waals surface area contributed by atoms with Crippen LogP contribution < -0.4 is 5.32 Å². The van der Waals surface area contributed by atoms with E-state index in [0.29, 0.717) is 19.6 Å². The maximum atomic E-state index is 11.9. The first-order valence-corrected chi connectivity index (χ1v) is 6.45. The SMILES string of the molecule is CCCCN(CCO)C(=O)NCc1ccccc1. The lowest BCUT2D eigenvalue weighted by molar-refractivity contribution is 0.176. The smallest absolute Gasteiger partial charge is 0.317 e. The molecule has 4 nitrogen and oxygen atoms in total. The zero-order valence-electron chi connectivity index (χ0n) is 10.9. The first-order valence-electron chi connectivity index (χ1n) is 6.45. The van der Waals surface area contributed by atoms with Crippen molar-refractivity contribution in [2.45, 2.75) is 26.3 Å². The fourth-order valence-corrected chi connectivity index (χ4v) is 1.67. The maximum absolute atomic E-state index is 11.9. The molecule has 0 aliphatic heterocycles. The van der Waals surface area contributed by atoms with Gasteiger partial charge in [-0.2, -0.15) is 0 Å². The minimum atomic E-state index is -0.110. The second kappa shape index (κ2) is 8.53. The van der Waals surface area contributed by atoms with Crippen LogP contribution in [0.5, 0.6) is 0 Å². The van der Waals surface area contributed by atoms with E-state index in [2.05, 4.69) is 12.2 Å². The minimum absolute atomic E-state index is 0.00245. The number of aliphatic hydroxyl groups excluding tert-OH is 1. The van der Waals surface area contributed by atoms with Crippen LogP contribution in [0.3, 0.4) is 0 Å². The molecule has 0 bridgehead atoms. The molecule has 0 atom stereocenters. The van der Waals surface area contributed by atoms with Crippen molar-refractivity contribution in [2.24, 2.45) is 0 Å². The molecule has 100 valence electrons. The van der Waals surface area contributed by atoms with E-state index < -0.39 is 0 Å². The highest BCUT2D eigenvalue weighted by Gasteiger charge is 2.11. The molecule has 0 saturated carbocycles. The third kappa shape index (κ3) is 5.19. The Morgan fingerprint density at radius 3 is 2.61 bits per heavy atom. The van der Waals surface area contributed by atoms with E-state index in [1.54, 1.807) is 4.90 Å². The summed E-state index contributed by atoms with van der Waals surface area (Å²) in [5, 5.41) is 11.8. The van der Waals surface area contributed by atoms with E-state index in [-0.39, 0.29) is 12.6 Å². The second-order valence-corrected chi connectivity index (χ2v) is 4.21. The summed E-state index contributed by atoms with van der Waals surface area (Å²) in [4.78, 5) is 13.6. The normalized spacial score (nSPS) is 10.1. The number of nitrogens with one attached hydrogen (secondary N) is 1. The minimum Gasteiger partial charge on any atom is -0.395 e. The molecule has 2 amide bonds. The summed E-state index contributed by atoms with van der Waals surface area (Å²) in [5.74, 6) is 0. The summed E-state index contributed by atoms with van der Waals surface area (Å²) < 4.78 is 0. The second-order valence-electron chi connectivity index (χ2n) is 4.21. The molecule has 1 rings (SSSR count). The molecule has 0 unspecified atom stereocenters. The third-order valence-electron chi connectivity index (χ3n) is 2.73. The molecule has 1 aromatic carbocycles. The highest BCUT2D eigenvalue weighted by atomic mass is 16.3. The van der Waals surface area contributed by atoms with Gasteiger partial charge in [-0.05, 0) is 12.0 Å². The predicted octanol–water partition coefficient (Wildman–Crippen LogP) is 1.99. The largest absolute Gasteiger partial charge is 0.395 e. The summed E-state index contributed by atoms with van der Waals surface area (Å²) >= 11 is 0. The number of carbonyl (C=O) groups excluding carboxylic acids is 1. The third-order valence-corrected chi connectivity index (χ3v) is 2.73. The van der Waals surface area contributed by atoms with Gasteiger partial charge in [0.25, 0.3) is 0 Å². The molecular formula is C14H22N2O2. The number of hydrogen-bond donors (Lipinski definition) is 2. The van der Waals surface area contributed by atoms with Crippen LogP contribution in [-0.2, 0) is 6.54 Å². The van der Waals surface area contributed by atoms with E-state index in [0.717, 1.165) is 18.4 Å². The van der Waals surface area contributed by atoms with Gasteiger partial charge in [-0.25, -0.2) is 4.79 Å². The summed E-state index contributed by atoms with van der Waals surface area (Å²) in [5.41, 5.74) is 1.07. The van der Waals surface area contributed by atoms with Crippen molar-refractivity contribution in [1.82, 2.24) is 10.2 Å². The monoisotopic (exact) mass is 250 g/mol. The van der Waals surface area contributed by atoms with E-state index in [9.17, 15) is 4.79 Å². The van der Waals surface area contributed by atoms with Crippen LogP contribution in [0.25, 0.3) is 0 Å². The van der Waals surface area contributed by atoms with Crippen LogP contribution >= 0.6 is 0 Å². The average Bonchev–Trinajstić information content (AvgIpc) is 2.42. The molecule has 4 heteroatoms. The fourth-order valence-electron chi connectivity index (χ4n) is 1.67. The quantitative estimate of drug-likeness (QED) is 0.777. The number of carbonyl (C=O) groups is 1. The topological polar surface area (TPSA) is 52.6 Å². The van der Waals surface area contributed by atoms with Crippen molar-refractivity contribution in [3.05, 3.63) is 35.9 Å². The summed E-state index contributed by atoms with van der Waals surface area (Å²) in [7, 11) is 0. The standard InChI is InChI=1S/C14H22N2O2/c1-2-3-9-16(10-11-17)14(18)15-12-13-7-5-4-6-8-13/h4-8,17H,2-3,9-12H2,1H3,(H,15,18). The van der Waals surface area contributed by atoms with Gasteiger partial charge in [0.05, 0.1) is 6.61 Å². The highest BCUT2D eigenvalue weighted by Crippen LogP contribution is 2.00. The Hall–Kier alpha value is -1.55. The van der Waals surface area contributed by atoms with Crippen LogP contribution in [-0.4, -0.2) is 35.7 Å². The van der Waals surface area contributed by atoms with Crippen molar-refractivity contribution < 1.29 is 9.90 Å². The van der Waals surface area contributed by atoms with E-state index in [1.807, 2.05) is 30.3 Å². The zero-order valence-corrected chi connectivity index (χ0v) is 10.9. The summed E-state index contributed by atoms with van der Waals surface area (Å²) in [6.45, 7) is 3.69. The van der Waals surface area contributed by atoms with E-state index in [4.69, 9.17) is 5.11 Å². The van der Waals surface area contributed by atoms with Gasteiger partial charge in [0.2, 0.25) is 0 Å². The van der Waals surface area contributed by atoms with Crippen molar-refractivity contribution >= 4 is 6.03 Å². The maximum Gasteiger partial charge on any atom is 0.317 e. The Morgan fingerprint density at radius 2 is 2.00 bits per heavy atom. The van der Waals surface area contributed by atoms with Gasteiger partial charge in [-0.3, -0.25) is 0 Å². The first-order chi connectivity index (χ1) is 8.77. The molecule has 0 fully saturated rings.